The Kier molecular flexibility index (Phi) is 4.29. The summed E-state index contributed by atoms with van der Waals surface area (Å²) in [4.78, 5) is 11.1. The van der Waals surface area contributed by atoms with Crippen LogP contribution in [-0.2, 0) is 0 Å². The maximum Gasteiger partial charge on any atom is 0.140 e. The molecule has 4 heteroatoms. The second-order valence-corrected chi connectivity index (χ2v) is 5.73. The molecule has 0 spiro atoms. The Morgan fingerprint density at radius 3 is 2.45 bits per heavy atom. The van der Waals surface area contributed by atoms with E-state index in [4.69, 9.17) is 11.6 Å². The van der Waals surface area contributed by atoms with Crippen molar-refractivity contribution in [1.82, 2.24) is 9.97 Å². The molecular weight excluding hydrogens is 270 g/mol. The van der Waals surface area contributed by atoms with Gasteiger partial charge in [0.25, 0.3) is 0 Å². The molecule has 2 rings (SSSR count). The van der Waals surface area contributed by atoms with Crippen LogP contribution in [0.15, 0.2) is 24.3 Å². The minimum atomic E-state index is 0.248. The van der Waals surface area contributed by atoms with Crippen molar-refractivity contribution >= 4 is 23.1 Å². The summed E-state index contributed by atoms with van der Waals surface area (Å²) >= 11 is 6.25. The Hall–Kier alpha value is -1.61. The molecule has 1 aromatic carbocycles. The summed E-state index contributed by atoms with van der Waals surface area (Å²) in [5.74, 6) is 1.88. The quantitative estimate of drug-likeness (QED) is 0.771. The lowest BCUT2D eigenvalue weighted by atomic mass is 10.2. The molecule has 0 saturated carbocycles. The van der Waals surface area contributed by atoms with E-state index in [0.29, 0.717) is 5.15 Å². The molecule has 106 valence electrons. The van der Waals surface area contributed by atoms with Crippen molar-refractivity contribution in [2.45, 2.75) is 33.6 Å². The van der Waals surface area contributed by atoms with E-state index in [0.717, 1.165) is 22.9 Å². The van der Waals surface area contributed by atoms with Crippen LogP contribution in [0, 0.1) is 13.8 Å². The number of halogens is 1. The normalized spacial score (nSPS) is 10.9. The van der Waals surface area contributed by atoms with E-state index < -0.39 is 0 Å². The molecule has 20 heavy (non-hydrogen) atoms. The van der Waals surface area contributed by atoms with E-state index in [1.807, 2.05) is 20.0 Å². The molecule has 3 nitrogen and oxygen atoms in total. The van der Waals surface area contributed by atoms with Crippen molar-refractivity contribution < 1.29 is 0 Å². The zero-order valence-corrected chi connectivity index (χ0v) is 13.4. The fourth-order valence-corrected chi connectivity index (χ4v) is 2.21. The Bertz CT molecular complexity index is 623. The first-order valence-electron chi connectivity index (χ1n) is 6.74. The second kappa shape index (κ2) is 5.80. The third-order valence-electron chi connectivity index (χ3n) is 3.30. The molecule has 1 aromatic heterocycles. The standard InChI is InChI=1S/C16H20ClN3/c1-10(2)15-18-14(17)12(4)16(19-15)20(5)13-8-6-7-11(3)9-13/h6-10H,1-5H3. The van der Waals surface area contributed by atoms with Crippen LogP contribution in [0.4, 0.5) is 11.5 Å². The smallest absolute Gasteiger partial charge is 0.140 e. The first-order chi connectivity index (χ1) is 9.40. The molecule has 0 aliphatic rings. The third-order valence-corrected chi connectivity index (χ3v) is 3.67. The summed E-state index contributed by atoms with van der Waals surface area (Å²) in [7, 11) is 2.00. The largest absolute Gasteiger partial charge is 0.329 e. The van der Waals surface area contributed by atoms with Crippen LogP contribution >= 0.6 is 11.6 Å². The average molecular weight is 290 g/mol. The zero-order valence-electron chi connectivity index (χ0n) is 12.6. The van der Waals surface area contributed by atoms with Crippen LogP contribution in [0.5, 0.6) is 0 Å². The summed E-state index contributed by atoms with van der Waals surface area (Å²) < 4.78 is 0. The van der Waals surface area contributed by atoms with Gasteiger partial charge in [0.2, 0.25) is 0 Å². The molecule has 0 amide bonds. The SMILES string of the molecule is Cc1cccc(N(C)c2nc(C(C)C)nc(Cl)c2C)c1. The van der Waals surface area contributed by atoms with Gasteiger partial charge in [-0.2, -0.15) is 0 Å². The number of nitrogens with zero attached hydrogens (tertiary/aromatic N) is 3. The molecule has 0 atom stereocenters. The predicted octanol–water partition coefficient (Wildman–Crippen LogP) is 4.64. The lowest BCUT2D eigenvalue weighted by Gasteiger charge is -2.22. The lowest BCUT2D eigenvalue weighted by Crippen LogP contribution is -2.15. The molecule has 0 fully saturated rings. The molecular formula is C16H20ClN3. The highest BCUT2D eigenvalue weighted by Gasteiger charge is 2.16. The molecule has 0 unspecified atom stereocenters. The Morgan fingerprint density at radius 1 is 1.15 bits per heavy atom. The van der Waals surface area contributed by atoms with Gasteiger partial charge in [-0.05, 0) is 31.5 Å². The number of benzene rings is 1. The maximum absolute atomic E-state index is 6.25. The number of aromatic nitrogens is 2. The molecule has 0 aliphatic carbocycles. The highest BCUT2D eigenvalue weighted by Crippen LogP contribution is 2.30. The molecule has 0 saturated heterocycles. The summed E-state index contributed by atoms with van der Waals surface area (Å²) in [5, 5.41) is 0.526. The van der Waals surface area contributed by atoms with Gasteiger partial charge in [0.15, 0.2) is 0 Å². The van der Waals surface area contributed by atoms with Crippen molar-refractivity contribution in [2.75, 3.05) is 11.9 Å². The van der Waals surface area contributed by atoms with Crippen molar-refractivity contribution in [1.29, 1.82) is 0 Å². The van der Waals surface area contributed by atoms with Gasteiger partial charge >= 0.3 is 0 Å². The van der Waals surface area contributed by atoms with E-state index in [-0.39, 0.29) is 5.92 Å². The zero-order chi connectivity index (χ0) is 14.9. The second-order valence-electron chi connectivity index (χ2n) is 5.37. The van der Waals surface area contributed by atoms with Gasteiger partial charge in [-0.3, -0.25) is 0 Å². The summed E-state index contributed by atoms with van der Waals surface area (Å²) in [6.07, 6.45) is 0. The van der Waals surface area contributed by atoms with Crippen LogP contribution in [0.25, 0.3) is 0 Å². The van der Waals surface area contributed by atoms with Gasteiger partial charge in [0, 0.05) is 24.2 Å². The van der Waals surface area contributed by atoms with E-state index in [1.165, 1.54) is 5.56 Å². The van der Waals surface area contributed by atoms with Gasteiger partial charge in [0.05, 0.1) is 0 Å². The molecule has 0 bridgehead atoms. The number of hydrogen-bond acceptors (Lipinski definition) is 3. The van der Waals surface area contributed by atoms with Crippen molar-refractivity contribution in [3.05, 3.63) is 46.4 Å². The van der Waals surface area contributed by atoms with E-state index >= 15 is 0 Å². The molecule has 0 N–H and O–H groups in total. The number of hydrogen-bond donors (Lipinski definition) is 0. The van der Waals surface area contributed by atoms with E-state index in [9.17, 15) is 0 Å². The first-order valence-corrected chi connectivity index (χ1v) is 7.12. The van der Waals surface area contributed by atoms with E-state index in [1.54, 1.807) is 0 Å². The molecule has 0 radical (unpaired) electrons. The number of anilines is 2. The molecule has 1 heterocycles. The Morgan fingerprint density at radius 2 is 1.85 bits per heavy atom. The minimum absolute atomic E-state index is 0.248. The van der Waals surface area contributed by atoms with Crippen LogP contribution in [0.1, 0.15) is 36.7 Å². The van der Waals surface area contributed by atoms with Crippen molar-refractivity contribution in [3.8, 4) is 0 Å². The summed E-state index contributed by atoms with van der Waals surface area (Å²) in [6.45, 7) is 8.17. The average Bonchev–Trinajstić information content (AvgIpc) is 2.40. The molecule has 2 aromatic rings. The summed E-state index contributed by atoms with van der Waals surface area (Å²) in [5.41, 5.74) is 3.22. The van der Waals surface area contributed by atoms with Crippen LogP contribution in [0.2, 0.25) is 5.15 Å². The fourth-order valence-electron chi connectivity index (χ4n) is 2.04. The van der Waals surface area contributed by atoms with Crippen molar-refractivity contribution in [3.63, 3.8) is 0 Å². The van der Waals surface area contributed by atoms with Gasteiger partial charge in [-0.1, -0.05) is 37.6 Å². The van der Waals surface area contributed by atoms with Gasteiger partial charge in [0.1, 0.15) is 16.8 Å². The first kappa shape index (κ1) is 14.8. The minimum Gasteiger partial charge on any atom is -0.329 e. The Labute approximate surface area is 125 Å². The monoisotopic (exact) mass is 289 g/mol. The van der Waals surface area contributed by atoms with Crippen molar-refractivity contribution in [2.24, 2.45) is 0 Å². The molecule has 0 aliphatic heterocycles. The van der Waals surface area contributed by atoms with E-state index in [2.05, 4.69) is 53.8 Å². The maximum atomic E-state index is 6.25. The van der Waals surface area contributed by atoms with Crippen LogP contribution in [-0.4, -0.2) is 17.0 Å². The van der Waals surface area contributed by atoms with Gasteiger partial charge in [-0.25, -0.2) is 9.97 Å². The Balaban J connectivity index is 2.51. The summed E-state index contributed by atoms with van der Waals surface area (Å²) in [6, 6.07) is 8.32. The number of aryl methyl sites for hydroxylation is 1. The van der Waals surface area contributed by atoms with Gasteiger partial charge in [-0.15, -0.1) is 0 Å². The predicted molar refractivity (Wildman–Crippen MR) is 85.1 cm³/mol. The topological polar surface area (TPSA) is 29.0 Å². The fraction of sp³-hybridized carbons (Fsp3) is 0.375. The van der Waals surface area contributed by atoms with Gasteiger partial charge < -0.3 is 4.90 Å². The van der Waals surface area contributed by atoms with Crippen LogP contribution in [0.3, 0.4) is 0 Å². The third kappa shape index (κ3) is 2.93. The lowest BCUT2D eigenvalue weighted by molar-refractivity contribution is 0.769. The highest BCUT2D eigenvalue weighted by molar-refractivity contribution is 6.30. The number of rotatable bonds is 3. The van der Waals surface area contributed by atoms with Crippen LogP contribution < -0.4 is 4.90 Å². The highest BCUT2D eigenvalue weighted by atomic mass is 35.5.